The second kappa shape index (κ2) is 5.54. The van der Waals surface area contributed by atoms with E-state index < -0.39 is 0 Å². The summed E-state index contributed by atoms with van der Waals surface area (Å²) in [5, 5.41) is 0. The van der Waals surface area contributed by atoms with Crippen molar-refractivity contribution >= 4 is 5.97 Å². The van der Waals surface area contributed by atoms with Gasteiger partial charge < -0.3 is 4.74 Å². The Kier molecular flexibility index (Phi) is 4.35. The lowest BCUT2D eigenvalue weighted by Gasteiger charge is -2.20. The Morgan fingerprint density at radius 3 is 2.87 bits per heavy atom. The molecule has 1 rings (SSSR count). The number of carbonyl (C=O) groups excluding carboxylic acids is 1. The predicted molar refractivity (Wildman–Crippen MR) is 61.4 cm³/mol. The summed E-state index contributed by atoms with van der Waals surface area (Å²) in [6.07, 6.45) is 8.70. The molecule has 1 aliphatic rings. The van der Waals surface area contributed by atoms with Crippen LogP contribution in [0.25, 0.3) is 0 Å². The fraction of sp³-hybridized carbons (Fsp3) is 0.462. The average molecular weight is 206 g/mol. The minimum Gasteiger partial charge on any atom is -0.466 e. The van der Waals surface area contributed by atoms with Gasteiger partial charge in [0, 0.05) is 6.08 Å². The van der Waals surface area contributed by atoms with Gasteiger partial charge in [0.15, 0.2) is 0 Å². The number of hydrogen-bond acceptors (Lipinski definition) is 2. The quantitative estimate of drug-likeness (QED) is 0.403. The van der Waals surface area contributed by atoms with E-state index >= 15 is 0 Å². The third-order valence-electron chi connectivity index (χ3n) is 2.78. The number of rotatable bonds is 3. The van der Waals surface area contributed by atoms with Gasteiger partial charge in [-0.2, -0.15) is 0 Å². The average Bonchev–Trinajstić information content (AvgIpc) is 2.26. The van der Waals surface area contributed by atoms with Crippen LogP contribution in [0, 0.1) is 5.92 Å². The monoisotopic (exact) mass is 206 g/mol. The summed E-state index contributed by atoms with van der Waals surface area (Å²) in [5.41, 5.74) is 2.47. The van der Waals surface area contributed by atoms with Crippen molar-refractivity contribution in [2.75, 3.05) is 7.11 Å². The van der Waals surface area contributed by atoms with Crippen LogP contribution in [0.3, 0.4) is 0 Å². The molecule has 1 atom stereocenters. The van der Waals surface area contributed by atoms with Gasteiger partial charge in [-0.1, -0.05) is 29.9 Å². The van der Waals surface area contributed by atoms with E-state index in [1.807, 2.05) is 6.08 Å². The molecule has 2 nitrogen and oxygen atoms in total. The Morgan fingerprint density at radius 2 is 2.40 bits per heavy atom. The van der Waals surface area contributed by atoms with Gasteiger partial charge in [-0.3, -0.25) is 0 Å². The molecular formula is C13H18O2. The lowest BCUT2D eigenvalue weighted by Crippen LogP contribution is -2.05. The van der Waals surface area contributed by atoms with Crippen LogP contribution in [0.4, 0.5) is 0 Å². The highest BCUT2D eigenvalue weighted by Gasteiger charge is 2.13. The van der Waals surface area contributed by atoms with Gasteiger partial charge >= 0.3 is 5.97 Å². The Morgan fingerprint density at radius 1 is 1.67 bits per heavy atom. The van der Waals surface area contributed by atoms with Gasteiger partial charge in [-0.25, -0.2) is 4.79 Å². The summed E-state index contributed by atoms with van der Waals surface area (Å²) in [4.78, 5) is 10.9. The highest BCUT2D eigenvalue weighted by molar-refractivity contribution is 5.82. The molecule has 0 heterocycles. The molecule has 0 spiro atoms. The Hall–Kier alpha value is -1.31. The smallest absolute Gasteiger partial charge is 0.330 e. The van der Waals surface area contributed by atoms with Crippen LogP contribution in [0.2, 0.25) is 0 Å². The number of allylic oxidation sites excluding steroid dienone is 4. The van der Waals surface area contributed by atoms with Crippen molar-refractivity contribution in [1.82, 2.24) is 0 Å². The Balaban J connectivity index is 2.50. The van der Waals surface area contributed by atoms with E-state index in [9.17, 15) is 4.79 Å². The van der Waals surface area contributed by atoms with E-state index in [2.05, 4.69) is 24.3 Å². The maximum atomic E-state index is 10.9. The first-order valence-electron chi connectivity index (χ1n) is 5.24. The third-order valence-corrected chi connectivity index (χ3v) is 2.78. The molecule has 1 unspecified atom stereocenters. The first kappa shape index (κ1) is 11.8. The van der Waals surface area contributed by atoms with Crippen molar-refractivity contribution in [3.8, 4) is 0 Å². The zero-order valence-electron chi connectivity index (χ0n) is 9.45. The number of ether oxygens (including phenoxy) is 1. The van der Waals surface area contributed by atoms with Gasteiger partial charge in [-0.05, 0) is 32.1 Å². The fourth-order valence-corrected chi connectivity index (χ4v) is 1.70. The Bertz CT molecular complexity index is 310. The molecule has 0 aromatic heterocycles. The van der Waals surface area contributed by atoms with E-state index in [1.165, 1.54) is 24.3 Å². The number of methoxy groups -OCH3 is 1. The topological polar surface area (TPSA) is 26.3 Å². The normalized spacial score (nSPS) is 21.2. The van der Waals surface area contributed by atoms with Crippen molar-refractivity contribution in [2.24, 2.45) is 5.92 Å². The second-order valence-electron chi connectivity index (χ2n) is 3.95. The van der Waals surface area contributed by atoms with Crippen molar-refractivity contribution in [3.05, 3.63) is 36.0 Å². The summed E-state index contributed by atoms with van der Waals surface area (Å²) in [6, 6.07) is 0. The van der Waals surface area contributed by atoms with E-state index in [0.29, 0.717) is 5.92 Å². The van der Waals surface area contributed by atoms with Crippen molar-refractivity contribution in [1.29, 1.82) is 0 Å². The summed E-state index contributed by atoms with van der Waals surface area (Å²) < 4.78 is 4.53. The van der Waals surface area contributed by atoms with Crippen molar-refractivity contribution in [2.45, 2.75) is 26.2 Å². The van der Waals surface area contributed by atoms with E-state index in [4.69, 9.17) is 0 Å². The first-order valence-corrected chi connectivity index (χ1v) is 5.24. The van der Waals surface area contributed by atoms with Crippen LogP contribution < -0.4 is 0 Å². The molecule has 1 aliphatic carbocycles. The summed E-state index contributed by atoms with van der Waals surface area (Å²) in [6.45, 7) is 6.05. The van der Waals surface area contributed by atoms with Gasteiger partial charge in [0.1, 0.15) is 0 Å². The molecule has 0 aromatic carbocycles. The first-order chi connectivity index (χ1) is 7.13. The zero-order chi connectivity index (χ0) is 11.3. The van der Waals surface area contributed by atoms with Crippen molar-refractivity contribution < 1.29 is 9.53 Å². The molecule has 82 valence electrons. The number of hydrogen-bond donors (Lipinski definition) is 0. The van der Waals surface area contributed by atoms with Crippen LogP contribution >= 0.6 is 0 Å². The molecule has 0 N–H and O–H groups in total. The van der Waals surface area contributed by atoms with Gasteiger partial charge in [0.25, 0.3) is 0 Å². The van der Waals surface area contributed by atoms with Gasteiger partial charge in [0.2, 0.25) is 0 Å². The molecule has 0 saturated heterocycles. The molecule has 0 aliphatic heterocycles. The second-order valence-corrected chi connectivity index (χ2v) is 3.95. The van der Waals surface area contributed by atoms with Gasteiger partial charge in [-0.15, -0.1) is 0 Å². The van der Waals surface area contributed by atoms with Crippen LogP contribution in [-0.2, 0) is 9.53 Å². The lowest BCUT2D eigenvalue weighted by atomic mass is 9.85. The SMILES string of the molecule is C=C(C)C1CC=C(/C=C\C(=O)OC)CC1. The van der Waals surface area contributed by atoms with Crippen LogP contribution in [-0.4, -0.2) is 13.1 Å². The van der Waals surface area contributed by atoms with Crippen molar-refractivity contribution in [3.63, 3.8) is 0 Å². The number of esters is 1. The molecule has 0 fully saturated rings. The minimum atomic E-state index is -0.294. The molecule has 15 heavy (non-hydrogen) atoms. The maximum absolute atomic E-state index is 10.9. The highest BCUT2D eigenvalue weighted by Crippen LogP contribution is 2.28. The standard InChI is InChI=1S/C13H18O2/c1-10(2)12-7-4-11(5-8-12)6-9-13(14)15-3/h4,6,9,12H,1,5,7-8H2,2-3H3/b9-6-. The Labute approximate surface area is 91.3 Å². The van der Waals surface area contributed by atoms with E-state index in [1.54, 1.807) is 0 Å². The van der Waals surface area contributed by atoms with E-state index in [0.717, 1.165) is 19.3 Å². The molecule has 0 aromatic rings. The van der Waals surface area contributed by atoms with Gasteiger partial charge in [0.05, 0.1) is 7.11 Å². The third kappa shape index (κ3) is 3.74. The number of carbonyl (C=O) groups is 1. The molecule has 0 radical (unpaired) electrons. The van der Waals surface area contributed by atoms with E-state index in [-0.39, 0.29) is 5.97 Å². The summed E-state index contributed by atoms with van der Waals surface area (Å²) in [5.74, 6) is 0.318. The van der Waals surface area contributed by atoms with Crippen LogP contribution in [0.1, 0.15) is 26.2 Å². The fourth-order valence-electron chi connectivity index (χ4n) is 1.70. The molecule has 0 bridgehead atoms. The molecule has 0 saturated carbocycles. The zero-order valence-corrected chi connectivity index (χ0v) is 9.45. The molecule has 2 heteroatoms. The highest BCUT2D eigenvalue weighted by atomic mass is 16.5. The summed E-state index contributed by atoms with van der Waals surface area (Å²) in [7, 11) is 1.39. The molecule has 0 amide bonds. The van der Waals surface area contributed by atoms with Crippen LogP contribution in [0.5, 0.6) is 0 Å². The summed E-state index contributed by atoms with van der Waals surface area (Å²) >= 11 is 0. The van der Waals surface area contributed by atoms with Crippen LogP contribution in [0.15, 0.2) is 36.0 Å². The maximum Gasteiger partial charge on any atom is 0.330 e. The lowest BCUT2D eigenvalue weighted by molar-refractivity contribution is -0.134. The minimum absolute atomic E-state index is 0.294. The largest absolute Gasteiger partial charge is 0.466 e. The molecular weight excluding hydrogens is 188 g/mol. The predicted octanol–water partition coefficient (Wildman–Crippen LogP) is 3.02.